The molecule has 3 heterocycles. The van der Waals surface area contributed by atoms with Gasteiger partial charge in [0.25, 0.3) is 5.91 Å². The first kappa shape index (κ1) is 22.7. The average Bonchev–Trinajstić information content (AvgIpc) is 3.20. The van der Waals surface area contributed by atoms with Gasteiger partial charge in [0, 0.05) is 51.8 Å². The van der Waals surface area contributed by atoms with Crippen molar-refractivity contribution in [2.24, 2.45) is 4.99 Å². The van der Waals surface area contributed by atoms with Crippen molar-refractivity contribution in [2.45, 2.75) is 25.3 Å². The Bertz CT molecular complexity index is 1100. The Kier molecular flexibility index (Phi) is 6.18. The molecule has 5 rings (SSSR count). The first-order valence-electron chi connectivity index (χ1n) is 11.6. The van der Waals surface area contributed by atoms with Crippen molar-refractivity contribution in [3.05, 3.63) is 70.7 Å². The minimum atomic E-state index is -0.539. The summed E-state index contributed by atoms with van der Waals surface area (Å²) in [4.78, 5) is 40.8. The van der Waals surface area contributed by atoms with E-state index in [1.807, 2.05) is 36.2 Å². The Morgan fingerprint density at radius 3 is 2.26 bits per heavy atom. The van der Waals surface area contributed by atoms with Gasteiger partial charge in [-0.1, -0.05) is 60.1 Å². The number of carbonyl (C=O) groups excluding carboxylic acids is 2. The summed E-state index contributed by atoms with van der Waals surface area (Å²) >= 11 is 6.30. The SMILES string of the molecule is CN1C(=O)N(Cc2ccccc2Cl)C(=O)C2C1N=C(N1CCN(Cc3ccccc3)CC1)N2C. The standard InChI is InChI=1S/C25H29ClN6O2/c1-28-21-22(29(2)25(34)32(23(21)33)17-19-10-6-7-11-20(19)26)27-24(28)31-14-12-30(13-15-31)16-18-8-4-3-5-9-18/h3-11,21-22H,12-17H2,1-2H3. The highest BCUT2D eigenvalue weighted by Crippen LogP contribution is 2.30. The van der Waals surface area contributed by atoms with E-state index in [-0.39, 0.29) is 18.5 Å². The van der Waals surface area contributed by atoms with E-state index in [1.54, 1.807) is 18.0 Å². The Balaban J connectivity index is 1.27. The largest absolute Gasteiger partial charge is 0.340 e. The highest BCUT2D eigenvalue weighted by atomic mass is 35.5. The Hall–Kier alpha value is -3.10. The van der Waals surface area contributed by atoms with Crippen molar-refractivity contribution in [1.82, 2.24) is 24.5 Å². The summed E-state index contributed by atoms with van der Waals surface area (Å²) in [5.74, 6) is 0.541. The van der Waals surface area contributed by atoms with Crippen molar-refractivity contribution in [3.63, 3.8) is 0 Å². The van der Waals surface area contributed by atoms with Crippen LogP contribution in [0, 0.1) is 0 Å². The highest BCUT2D eigenvalue weighted by molar-refractivity contribution is 6.31. The number of hydrogen-bond acceptors (Lipinski definition) is 6. The molecule has 0 N–H and O–H groups in total. The molecule has 0 bridgehead atoms. The van der Waals surface area contributed by atoms with Crippen LogP contribution in [0.25, 0.3) is 0 Å². The number of amides is 3. The van der Waals surface area contributed by atoms with Crippen LogP contribution < -0.4 is 0 Å². The minimum Gasteiger partial charge on any atom is -0.340 e. The smallest absolute Gasteiger partial charge is 0.328 e. The molecular weight excluding hydrogens is 452 g/mol. The lowest BCUT2D eigenvalue weighted by molar-refractivity contribution is -0.137. The van der Waals surface area contributed by atoms with Crippen LogP contribution in [0.15, 0.2) is 59.6 Å². The van der Waals surface area contributed by atoms with Crippen molar-refractivity contribution in [2.75, 3.05) is 40.3 Å². The minimum absolute atomic E-state index is 0.145. The molecule has 3 aliphatic heterocycles. The number of benzene rings is 2. The molecule has 2 unspecified atom stereocenters. The number of aliphatic imine (C=N–C) groups is 1. The number of halogens is 1. The molecule has 0 aliphatic carbocycles. The van der Waals surface area contributed by atoms with Crippen molar-refractivity contribution < 1.29 is 9.59 Å². The first-order chi connectivity index (χ1) is 16.4. The van der Waals surface area contributed by atoms with Crippen LogP contribution in [0.4, 0.5) is 4.79 Å². The van der Waals surface area contributed by atoms with E-state index < -0.39 is 12.2 Å². The summed E-state index contributed by atoms with van der Waals surface area (Å²) < 4.78 is 0. The number of urea groups is 1. The number of imide groups is 1. The highest BCUT2D eigenvalue weighted by Gasteiger charge is 2.52. The fraction of sp³-hybridized carbons (Fsp3) is 0.400. The second kappa shape index (κ2) is 9.27. The van der Waals surface area contributed by atoms with Crippen LogP contribution >= 0.6 is 11.6 Å². The zero-order valence-electron chi connectivity index (χ0n) is 19.5. The fourth-order valence-corrected chi connectivity index (χ4v) is 5.14. The number of fused-ring (bicyclic) bond motifs is 1. The van der Waals surface area contributed by atoms with Crippen LogP contribution in [0.1, 0.15) is 11.1 Å². The lowest BCUT2D eigenvalue weighted by Crippen LogP contribution is -2.64. The number of carbonyl (C=O) groups is 2. The van der Waals surface area contributed by atoms with E-state index in [2.05, 4.69) is 34.1 Å². The van der Waals surface area contributed by atoms with Crippen LogP contribution in [-0.4, -0.2) is 94.9 Å². The number of piperazine rings is 1. The van der Waals surface area contributed by atoms with E-state index in [0.717, 1.165) is 44.2 Å². The van der Waals surface area contributed by atoms with E-state index >= 15 is 0 Å². The fourth-order valence-electron chi connectivity index (χ4n) is 4.95. The predicted molar refractivity (Wildman–Crippen MR) is 131 cm³/mol. The Labute approximate surface area is 205 Å². The summed E-state index contributed by atoms with van der Waals surface area (Å²) in [7, 11) is 3.61. The van der Waals surface area contributed by atoms with Gasteiger partial charge in [-0.25, -0.2) is 9.79 Å². The molecule has 0 saturated carbocycles. The zero-order chi connectivity index (χ0) is 23.8. The monoisotopic (exact) mass is 480 g/mol. The molecule has 3 aliphatic rings. The van der Waals surface area contributed by atoms with Gasteiger partial charge in [0.15, 0.2) is 18.2 Å². The maximum Gasteiger partial charge on any atom is 0.328 e. The maximum atomic E-state index is 13.5. The molecule has 0 spiro atoms. The van der Waals surface area contributed by atoms with Gasteiger partial charge in [-0.2, -0.15) is 0 Å². The van der Waals surface area contributed by atoms with E-state index in [0.29, 0.717) is 5.02 Å². The second-order valence-electron chi connectivity index (χ2n) is 9.06. The number of rotatable bonds is 4. The number of hydrogen-bond donors (Lipinski definition) is 0. The van der Waals surface area contributed by atoms with Crippen LogP contribution in [0.3, 0.4) is 0 Å². The van der Waals surface area contributed by atoms with Crippen LogP contribution in [0.2, 0.25) is 5.02 Å². The molecule has 3 amide bonds. The number of likely N-dealkylation sites (N-methyl/N-ethyl adjacent to an activating group) is 2. The van der Waals surface area contributed by atoms with Gasteiger partial charge in [-0.3, -0.25) is 14.6 Å². The molecule has 2 aromatic carbocycles. The van der Waals surface area contributed by atoms with Gasteiger partial charge >= 0.3 is 6.03 Å². The molecular formula is C25H29ClN6O2. The zero-order valence-corrected chi connectivity index (χ0v) is 20.2. The topological polar surface area (TPSA) is 62.7 Å². The number of nitrogens with zero attached hydrogens (tertiary/aromatic N) is 6. The van der Waals surface area contributed by atoms with Gasteiger partial charge in [-0.15, -0.1) is 0 Å². The molecule has 2 aromatic rings. The van der Waals surface area contributed by atoms with E-state index in [1.165, 1.54) is 10.5 Å². The third kappa shape index (κ3) is 4.12. The predicted octanol–water partition coefficient (Wildman–Crippen LogP) is 2.55. The lowest BCUT2D eigenvalue weighted by atomic mass is 10.1. The van der Waals surface area contributed by atoms with E-state index in [4.69, 9.17) is 16.6 Å². The van der Waals surface area contributed by atoms with E-state index in [9.17, 15) is 9.59 Å². The van der Waals surface area contributed by atoms with Crippen molar-refractivity contribution in [1.29, 1.82) is 0 Å². The summed E-state index contributed by atoms with van der Waals surface area (Å²) in [6, 6.07) is 16.9. The maximum absolute atomic E-state index is 13.5. The first-order valence-corrected chi connectivity index (χ1v) is 12.0. The van der Waals surface area contributed by atoms with Crippen molar-refractivity contribution in [3.8, 4) is 0 Å². The Morgan fingerprint density at radius 2 is 1.56 bits per heavy atom. The van der Waals surface area contributed by atoms with Gasteiger partial charge in [0.1, 0.15) is 0 Å². The molecule has 178 valence electrons. The Morgan fingerprint density at radius 1 is 0.882 bits per heavy atom. The molecule has 34 heavy (non-hydrogen) atoms. The number of guanidine groups is 1. The molecule has 2 saturated heterocycles. The average molecular weight is 481 g/mol. The quantitative estimate of drug-likeness (QED) is 0.673. The van der Waals surface area contributed by atoms with Gasteiger partial charge in [0.05, 0.1) is 6.54 Å². The summed E-state index contributed by atoms with van der Waals surface area (Å²) in [5.41, 5.74) is 2.05. The molecule has 8 nitrogen and oxygen atoms in total. The third-order valence-corrected chi connectivity index (χ3v) is 7.27. The van der Waals surface area contributed by atoms with Crippen molar-refractivity contribution >= 4 is 29.5 Å². The molecule has 2 fully saturated rings. The summed E-state index contributed by atoms with van der Waals surface area (Å²) in [6.07, 6.45) is -0.523. The van der Waals surface area contributed by atoms with Crippen LogP contribution in [-0.2, 0) is 17.9 Å². The second-order valence-corrected chi connectivity index (χ2v) is 9.46. The third-order valence-electron chi connectivity index (χ3n) is 6.90. The lowest BCUT2D eigenvalue weighted by Gasteiger charge is -2.41. The summed E-state index contributed by atoms with van der Waals surface area (Å²) in [5, 5.41) is 0.540. The molecule has 2 atom stereocenters. The van der Waals surface area contributed by atoms with Crippen LogP contribution in [0.5, 0.6) is 0 Å². The molecule has 9 heteroatoms. The van der Waals surface area contributed by atoms with Gasteiger partial charge in [0.2, 0.25) is 0 Å². The van der Waals surface area contributed by atoms with Gasteiger partial charge in [-0.05, 0) is 17.2 Å². The molecule has 0 aromatic heterocycles. The van der Waals surface area contributed by atoms with Gasteiger partial charge < -0.3 is 14.7 Å². The normalized spacial score (nSPS) is 23.4. The molecule has 0 radical (unpaired) electrons. The summed E-state index contributed by atoms with van der Waals surface area (Å²) in [6.45, 7) is 4.55.